The lowest BCUT2D eigenvalue weighted by Crippen LogP contribution is -2.39. The topological polar surface area (TPSA) is 71.4 Å². The molecule has 0 radical (unpaired) electrons. The highest BCUT2D eigenvalue weighted by Gasteiger charge is 2.26. The number of hydrogen-bond donors (Lipinski definition) is 1. The number of oxime groups is 1. The first-order valence-electron chi connectivity index (χ1n) is 11.0. The first kappa shape index (κ1) is 24.2. The molecule has 1 heterocycles. The van der Waals surface area contributed by atoms with Crippen LogP contribution in [0.1, 0.15) is 42.9 Å². The van der Waals surface area contributed by atoms with Gasteiger partial charge in [0.15, 0.2) is 0 Å². The number of ether oxygens (including phenoxy) is 1. The fraction of sp³-hybridized carbons (Fsp3) is 0.440. The number of aliphatic hydroxyl groups excluding tert-OH is 1. The second kappa shape index (κ2) is 12.0. The summed E-state index contributed by atoms with van der Waals surface area (Å²) in [6, 6.07) is 15.8. The summed E-state index contributed by atoms with van der Waals surface area (Å²) in [5, 5.41) is 15.5. The lowest BCUT2D eigenvalue weighted by atomic mass is 10.00. The normalized spacial score (nSPS) is 16.5. The number of aryl methyl sites for hydroxylation is 1. The third kappa shape index (κ3) is 7.33. The van der Waals surface area contributed by atoms with E-state index in [9.17, 15) is 9.90 Å². The number of hydrogen-bond acceptors (Lipinski definition) is 6. The molecule has 0 spiro atoms. The van der Waals surface area contributed by atoms with E-state index in [2.05, 4.69) is 29.1 Å². The van der Waals surface area contributed by atoms with E-state index in [4.69, 9.17) is 21.2 Å². The number of aliphatic hydroxyl groups is 1. The van der Waals surface area contributed by atoms with Gasteiger partial charge in [0, 0.05) is 43.1 Å². The third-order valence-corrected chi connectivity index (χ3v) is 5.54. The smallest absolute Gasteiger partial charge is 0.305 e. The highest BCUT2D eigenvalue weighted by atomic mass is 35.5. The number of carbonyl (C=O) groups excluding carboxylic acids is 1. The predicted molar refractivity (Wildman–Crippen MR) is 126 cm³/mol. The molecule has 6 nitrogen and oxygen atoms in total. The van der Waals surface area contributed by atoms with E-state index >= 15 is 0 Å². The highest BCUT2D eigenvalue weighted by Crippen LogP contribution is 2.21. The van der Waals surface area contributed by atoms with Crippen LogP contribution in [0.25, 0.3) is 0 Å². The molecule has 2 aromatic carbocycles. The Bertz CT molecular complexity index is 934. The van der Waals surface area contributed by atoms with Gasteiger partial charge in [-0.2, -0.15) is 0 Å². The van der Waals surface area contributed by atoms with Gasteiger partial charge in [-0.1, -0.05) is 60.1 Å². The molecule has 0 aliphatic carbocycles. The van der Waals surface area contributed by atoms with E-state index < -0.39 is 6.10 Å². The molecular weight excluding hydrogens is 428 g/mol. The van der Waals surface area contributed by atoms with Gasteiger partial charge in [0.1, 0.15) is 18.8 Å². The molecule has 2 aromatic rings. The van der Waals surface area contributed by atoms with Gasteiger partial charge in [-0.05, 0) is 36.6 Å². The summed E-state index contributed by atoms with van der Waals surface area (Å²) in [6.45, 7) is 5.45. The molecule has 0 aromatic heterocycles. The fourth-order valence-electron chi connectivity index (χ4n) is 3.78. The second-order valence-corrected chi connectivity index (χ2v) is 8.63. The highest BCUT2D eigenvalue weighted by molar-refractivity contribution is 6.30. The minimum atomic E-state index is -0.798. The summed E-state index contributed by atoms with van der Waals surface area (Å²) < 4.78 is 5.18. The van der Waals surface area contributed by atoms with Crippen molar-refractivity contribution < 1.29 is 19.5 Å². The number of carbonyl (C=O) groups is 1. The third-order valence-electron chi connectivity index (χ3n) is 5.31. The first-order valence-corrected chi connectivity index (χ1v) is 11.4. The van der Waals surface area contributed by atoms with Crippen LogP contribution in [-0.2, 0) is 20.9 Å². The van der Waals surface area contributed by atoms with Crippen molar-refractivity contribution in [2.45, 2.75) is 51.9 Å². The zero-order valence-electron chi connectivity index (χ0n) is 18.7. The van der Waals surface area contributed by atoms with E-state index in [1.807, 2.05) is 43.3 Å². The molecule has 2 unspecified atom stereocenters. The zero-order valence-corrected chi connectivity index (χ0v) is 19.4. The molecule has 0 saturated heterocycles. The van der Waals surface area contributed by atoms with E-state index in [1.165, 1.54) is 0 Å². The maximum absolute atomic E-state index is 11.6. The molecule has 0 bridgehead atoms. The molecule has 3 rings (SSSR count). The summed E-state index contributed by atoms with van der Waals surface area (Å²) in [5.74, 6) is -0.289. The second-order valence-electron chi connectivity index (χ2n) is 8.20. The van der Waals surface area contributed by atoms with Crippen molar-refractivity contribution in [1.29, 1.82) is 0 Å². The number of benzene rings is 2. The summed E-state index contributed by atoms with van der Waals surface area (Å²) in [6.07, 6.45) is 0.844. The molecule has 32 heavy (non-hydrogen) atoms. The standard InChI is InChI=1S/C25H31ClN2O4/c1-3-7-25(30)31-17-21(29)15-28(14-19-9-6-10-20(26)12-19)16-22-13-24(27-32-22)23-11-5-4-8-18(23)2/h4-6,8-12,21-22,29H,3,7,13-17H2,1-2H3. The Hall–Kier alpha value is -2.41. The van der Waals surface area contributed by atoms with E-state index in [0.29, 0.717) is 37.5 Å². The Morgan fingerprint density at radius 3 is 2.88 bits per heavy atom. The van der Waals surface area contributed by atoms with Crippen LogP contribution < -0.4 is 0 Å². The molecule has 172 valence electrons. The maximum Gasteiger partial charge on any atom is 0.305 e. The van der Waals surface area contributed by atoms with Gasteiger partial charge in [0.25, 0.3) is 0 Å². The Morgan fingerprint density at radius 1 is 1.31 bits per heavy atom. The van der Waals surface area contributed by atoms with Gasteiger partial charge >= 0.3 is 5.97 Å². The maximum atomic E-state index is 11.6. The van der Waals surface area contributed by atoms with Crippen molar-refractivity contribution in [3.63, 3.8) is 0 Å². The Kier molecular flexibility index (Phi) is 9.09. The number of halogens is 1. The minimum absolute atomic E-state index is 0.0264. The van der Waals surface area contributed by atoms with Crippen LogP contribution >= 0.6 is 11.6 Å². The summed E-state index contributed by atoms with van der Waals surface area (Å²) in [5.41, 5.74) is 4.23. The van der Waals surface area contributed by atoms with Gasteiger partial charge in [0.05, 0.1) is 5.71 Å². The van der Waals surface area contributed by atoms with Crippen LogP contribution in [0.2, 0.25) is 5.02 Å². The minimum Gasteiger partial charge on any atom is -0.463 e. The van der Waals surface area contributed by atoms with Crippen LogP contribution in [-0.4, -0.2) is 53.6 Å². The van der Waals surface area contributed by atoms with Gasteiger partial charge in [-0.25, -0.2) is 0 Å². The monoisotopic (exact) mass is 458 g/mol. The SMILES string of the molecule is CCCC(=O)OCC(O)CN(Cc1cccc(Cl)c1)CC1CC(c2ccccc2C)=NO1. The molecule has 1 aliphatic heterocycles. The van der Waals surface area contributed by atoms with Gasteiger partial charge in [0.2, 0.25) is 0 Å². The van der Waals surface area contributed by atoms with Crippen molar-refractivity contribution >= 4 is 23.3 Å². The summed E-state index contributed by atoms with van der Waals surface area (Å²) in [4.78, 5) is 19.5. The van der Waals surface area contributed by atoms with Crippen LogP contribution in [0, 0.1) is 6.92 Å². The Morgan fingerprint density at radius 2 is 2.12 bits per heavy atom. The lowest BCUT2D eigenvalue weighted by Gasteiger charge is -2.27. The van der Waals surface area contributed by atoms with Crippen molar-refractivity contribution in [3.05, 3.63) is 70.2 Å². The van der Waals surface area contributed by atoms with Crippen LogP contribution in [0.5, 0.6) is 0 Å². The van der Waals surface area contributed by atoms with Gasteiger partial charge < -0.3 is 14.7 Å². The largest absolute Gasteiger partial charge is 0.463 e. The summed E-state index contributed by atoms with van der Waals surface area (Å²) >= 11 is 6.15. The number of nitrogens with zero attached hydrogens (tertiary/aromatic N) is 2. The zero-order chi connectivity index (χ0) is 22.9. The quantitative estimate of drug-likeness (QED) is 0.507. The van der Waals surface area contributed by atoms with Crippen molar-refractivity contribution in [1.82, 2.24) is 4.90 Å². The average Bonchev–Trinajstić information content (AvgIpc) is 3.21. The summed E-state index contributed by atoms with van der Waals surface area (Å²) in [7, 11) is 0. The predicted octanol–water partition coefficient (Wildman–Crippen LogP) is 4.35. The molecule has 1 N–H and O–H groups in total. The lowest BCUT2D eigenvalue weighted by molar-refractivity contribution is -0.147. The average molecular weight is 459 g/mol. The molecule has 0 amide bonds. The Balaban J connectivity index is 1.62. The van der Waals surface area contributed by atoms with Crippen LogP contribution in [0.3, 0.4) is 0 Å². The van der Waals surface area contributed by atoms with Gasteiger partial charge in [-0.3, -0.25) is 9.69 Å². The molecule has 7 heteroatoms. The molecule has 2 atom stereocenters. The Labute approximate surface area is 194 Å². The number of rotatable bonds is 11. The fourth-order valence-corrected chi connectivity index (χ4v) is 4.00. The van der Waals surface area contributed by atoms with E-state index in [-0.39, 0.29) is 18.7 Å². The van der Waals surface area contributed by atoms with Crippen molar-refractivity contribution in [2.75, 3.05) is 19.7 Å². The van der Waals surface area contributed by atoms with Gasteiger partial charge in [-0.15, -0.1) is 0 Å². The molecule has 0 fully saturated rings. The molecule has 1 aliphatic rings. The van der Waals surface area contributed by atoms with E-state index in [1.54, 1.807) is 0 Å². The van der Waals surface area contributed by atoms with Crippen molar-refractivity contribution in [2.24, 2.45) is 5.16 Å². The van der Waals surface area contributed by atoms with Crippen LogP contribution in [0.15, 0.2) is 53.7 Å². The van der Waals surface area contributed by atoms with E-state index in [0.717, 1.165) is 28.8 Å². The van der Waals surface area contributed by atoms with Crippen molar-refractivity contribution in [3.8, 4) is 0 Å². The number of esters is 1. The first-order chi connectivity index (χ1) is 15.4. The van der Waals surface area contributed by atoms with Crippen LogP contribution in [0.4, 0.5) is 0 Å². The molecule has 0 saturated carbocycles. The molecular formula is C25H31ClN2O4.